The summed E-state index contributed by atoms with van der Waals surface area (Å²) >= 11 is 0. The first-order valence-corrected chi connectivity index (χ1v) is 10.3. The molecule has 166 valence electrons. The topological polar surface area (TPSA) is 82.1 Å². The second kappa shape index (κ2) is 10.5. The molecular weight excluding hydrogens is 408 g/mol. The Morgan fingerprint density at radius 2 is 1.59 bits per heavy atom. The first kappa shape index (κ1) is 22.9. The lowest BCUT2D eigenvalue weighted by Gasteiger charge is -2.17. The number of benzene rings is 3. The van der Waals surface area contributed by atoms with Crippen LogP contribution in [0.25, 0.3) is 11.1 Å². The van der Waals surface area contributed by atoms with E-state index < -0.39 is 5.97 Å². The van der Waals surface area contributed by atoms with Crippen molar-refractivity contribution in [2.75, 3.05) is 20.8 Å². The largest absolute Gasteiger partial charge is 0.497 e. The lowest BCUT2D eigenvalue weighted by molar-refractivity contribution is 0.0697. The molecule has 0 amide bonds. The molecule has 3 rings (SSSR count). The molecule has 0 heterocycles. The van der Waals surface area contributed by atoms with E-state index in [4.69, 9.17) is 14.2 Å². The number of methoxy groups -OCH3 is 2. The number of hydrogen-bond acceptors (Lipinski definition) is 5. The normalized spacial score (nSPS) is 10.5. The zero-order valence-corrected chi connectivity index (χ0v) is 18.4. The Hall–Kier alpha value is -3.80. The second-order valence-electron chi connectivity index (χ2n) is 7.10. The zero-order valence-electron chi connectivity index (χ0n) is 18.4. The highest BCUT2D eigenvalue weighted by molar-refractivity contribution is 6.08. The number of carbonyl (C=O) groups excluding carboxylic acids is 1. The minimum atomic E-state index is -1.07. The zero-order chi connectivity index (χ0) is 23.1. The predicted molar refractivity (Wildman–Crippen MR) is 122 cm³/mol. The molecule has 0 aliphatic heterocycles. The highest BCUT2D eigenvalue weighted by Crippen LogP contribution is 2.38. The van der Waals surface area contributed by atoms with E-state index in [0.717, 1.165) is 11.3 Å². The third kappa shape index (κ3) is 5.09. The van der Waals surface area contributed by atoms with Crippen LogP contribution in [0.4, 0.5) is 0 Å². The van der Waals surface area contributed by atoms with Crippen LogP contribution in [0.5, 0.6) is 17.2 Å². The van der Waals surface area contributed by atoms with Gasteiger partial charge in [0.2, 0.25) is 0 Å². The summed E-state index contributed by atoms with van der Waals surface area (Å²) in [6.45, 7) is 2.28. The lowest BCUT2D eigenvalue weighted by atomic mass is 9.90. The van der Waals surface area contributed by atoms with E-state index in [1.54, 1.807) is 37.4 Å². The first-order valence-electron chi connectivity index (χ1n) is 10.3. The van der Waals surface area contributed by atoms with Crippen molar-refractivity contribution in [2.24, 2.45) is 0 Å². The van der Waals surface area contributed by atoms with E-state index in [-0.39, 0.29) is 17.8 Å². The molecule has 0 aliphatic carbocycles. The lowest BCUT2D eigenvalue weighted by Crippen LogP contribution is -2.09. The van der Waals surface area contributed by atoms with E-state index in [9.17, 15) is 14.7 Å². The summed E-state index contributed by atoms with van der Waals surface area (Å²) < 4.78 is 16.4. The van der Waals surface area contributed by atoms with Crippen LogP contribution in [0.1, 0.15) is 39.6 Å². The van der Waals surface area contributed by atoms with Crippen LogP contribution in [-0.2, 0) is 6.42 Å². The predicted octanol–water partition coefficient (Wildman–Crippen LogP) is 5.28. The third-order valence-electron chi connectivity index (χ3n) is 5.13. The summed E-state index contributed by atoms with van der Waals surface area (Å²) in [5.74, 6) is 0.395. The van der Waals surface area contributed by atoms with Gasteiger partial charge in [0, 0.05) is 18.1 Å². The number of carbonyl (C=O) groups is 2. The number of carboxylic acid groups (broad SMARTS) is 1. The van der Waals surface area contributed by atoms with Crippen molar-refractivity contribution in [2.45, 2.75) is 19.8 Å². The summed E-state index contributed by atoms with van der Waals surface area (Å²) in [4.78, 5) is 25.2. The van der Waals surface area contributed by atoms with Gasteiger partial charge in [-0.1, -0.05) is 30.3 Å². The van der Waals surface area contributed by atoms with E-state index in [0.29, 0.717) is 41.2 Å². The number of Topliss-reactive ketones (excluding diaryl/α,β-unsaturated/α-hetero) is 1. The Morgan fingerprint density at radius 3 is 2.22 bits per heavy atom. The van der Waals surface area contributed by atoms with Gasteiger partial charge in [-0.15, -0.1) is 0 Å². The molecule has 0 spiro atoms. The van der Waals surface area contributed by atoms with Crippen LogP contribution in [0.3, 0.4) is 0 Å². The molecule has 0 unspecified atom stereocenters. The summed E-state index contributed by atoms with van der Waals surface area (Å²) in [7, 11) is 3.09. The maximum atomic E-state index is 13.4. The third-order valence-corrected chi connectivity index (χ3v) is 5.13. The van der Waals surface area contributed by atoms with Crippen molar-refractivity contribution in [1.29, 1.82) is 0 Å². The molecule has 0 aromatic heterocycles. The standard InChI is InChI=1S/C26H26O6/c1-4-32-19-15-22(20-7-5-6-8-21(20)26(28)29)25(24(16-19)31-3)23(27)14-11-17-9-12-18(30-2)13-10-17/h5-10,12-13,15-16H,4,11,14H2,1-3H3,(H,28,29). The first-order chi connectivity index (χ1) is 15.5. The molecule has 0 saturated heterocycles. The molecule has 1 N–H and O–H groups in total. The maximum Gasteiger partial charge on any atom is 0.336 e. The van der Waals surface area contributed by atoms with Gasteiger partial charge in [-0.2, -0.15) is 0 Å². The van der Waals surface area contributed by atoms with Gasteiger partial charge in [0.05, 0.1) is 32.0 Å². The average molecular weight is 434 g/mol. The second-order valence-corrected chi connectivity index (χ2v) is 7.10. The average Bonchev–Trinajstić information content (AvgIpc) is 2.82. The number of ketones is 1. The molecule has 0 fully saturated rings. The van der Waals surface area contributed by atoms with Gasteiger partial charge in [0.25, 0.3) is 0 Å². The molecule has 0 bridgehead atoms. The van der Waals surface area contributed by atoms with Crippen LogP contribution >= 0.6 is 0 Å². The molecule has 6 heteroatoms. The van der Waals surface area contributed by atoms with Crippen molar-refractivity contribution in [1.82, 2.24) is 0 Å². The van der Waals surface area contributed by atoms with Crippen molar-refractivity contribution in [3.05, 3.63) is 77.4 Å². The van der Waals surface area contributed by atoms with Crippen molar-refractivity contribution in [3.8, 4) is 28.4 Å². The van der Waals surface area contributed by atoms with Gasteiger partial charge in [0.15, 0.2) is 5.78 Å². The number of carboxylic acids is 1. The monoisotopic (exact) mass is 434 g/mol. The van der Waals surface area contributed by atoms with E-state index in [1.165, 1.54) is 13.2 Å². The molecule has 0 saturated carbocycles. The van der Waals surface area contributed by atoms with Crippen molar-refractivity contribution in [3.63, 3.8) is 0 Å². The van der Waals surface area contributed by atoms with Crippen LogP contribution in [0, 0.1) is 0 Å². The Bertz CT molecular complexity index is 1100. The Morgan fingerprint density at radius 1 is 0.875 bits per heavy atom. The number of aryl methyl sites for hydroxylation is 1. The maximum absolute atomic E-state index is 13.4. The Kier molecular flexibility index (Phi) is 7.49. The molecular formula is C26H26O6. The number of hydrogen-bond donors (Lipinski definition) is 1. The molecule has 32 heavy (non-hydrogen) atoms. The summed E-state index contributed by atoms with van der Waals surface area (Å²) in [5, 5.41) is 9.69. The van der Waals surface area contributed by atoms with E-state index in [1.807, 2.05) is 31.2 Å². The quantitative estimate of drug-likeness (QED) is 0.437. The van der Waals surface area contributed by atoms with Crippen molar-refractivity contribution < 1.29 is 28.9 Å². The van der Waals surface area contributed by atoms with E-state index >= 15 is 0 Å². The SMILES string of the molecule is CCOc1cc(OC)c(C(=O)CCc2ccc(OC)cc2)c(-c2ccccc2C(=O)O)c1. The highest BCUT2D eigenvalue weighted by atomic mass is 16.5. The van der Waals surface area contributed by atoms with Crippen LogP contribution in [0.15, 0.2) is 60.7 Å². The molecule has 0 radical (unpaired) electrons. The number of aromatic carboxylic acids is 1. The summed E-state index contributed by atoms with van der Waals surface area (Å²) in [6, 6.07) is 17.5. The van der Waals surface area contributed by atoms with Crippen LogP contribution in [-0.4, -0.2) is 37.7 Å². The van der Waals surface area contributed by atoms with E-state index in [2.05, 4.69) is 0 Å². The van der Waals surface area contributed by atoms with Gasteiger partial charge in [0.1, 0.15) is 17.2 Å². The van der Waals surface area contributed by atoms with Crippen molar-refractivity contribution >= 4 is 11.8 Å². The molecule has 6 nitrogen and oxygen atoms in total. The molecule has 0 aliphatic rings. The van der Waals surface area contributed by atoms with Gasteiger partial charge in [-0.25, -0.2) is 4.79 Å². The van der Waals surface area contributed by atoms with Gasteiger partial charge in [-0.3, -0.25) is 4.79 Å². The highest BCUT2D eigenvalue weighted by Gasteiger charge is 2.23. The van der Waals surface area contributed by atoms with Crippen LogP contribution < -0.4 is 14.2 Å². The summed E-state index contributed by atoms with van der Waals surface area (Å²) in [6.07, 6.45) is 0.762. The summed E-state index contributed by atoms with van der Waals surface area (Å²) in [5.41, 5.74) is 2.36. The molecule has 3 aromatic carbocycles. The Balaban J connectivity index is 2.05. The fourth-order valence-electron chi connectivity index (χ4n) is 3.58. The van der Waals surface area contributed by atoms with Gasteiger partial charge < -0.3 is 19.3 Å². The molecule has 3 aromatic rings. The minimum Gasteiger partial charge on any atom is -0.497 e. The minimum absolute atomic E-state index is 0.104. The molecule has 0 atom stereocenters. The fourth-order valence-corrected chi connectivity index (χ4v) is 3.58. The fraction of sp³-hybridized carbons (Fsp3) is 0.231. The van der Waals surface area contributed by atoms with Gasteiger partial charge in [-0.05, 0) is 48.7 Å². The number of rotatable bonds is 10. The number of ether oxygens (including phenoxy) is 3. The Labute approximate surface area is 187 Å². The smallest absolute Gasteiger partial charge is 0.336 e. The van der Waals surface area contributed by atoms with Crippen LogP contribution in [0.2, 0.25) is 0 Å². The van der Waals surface area contributed by atoms with Gasteiger partial charge >= 0.3 is 5.97 Å².